The van der Waals surface area contributed by atoms with Gasteiger partial charge in [0.05, 0.1) is 18.3 Å². The summed E-state index contributed by atoms with van der Waals surface area (Å²) in [5.41, 5.74) is 8.37. The third kappa shape index (κ3) is 4.44. The lowest BCUT2D eigenvalue weighted by Gasteiger charge is -2.31. The minimum Gasteiger partial charge on any atom is -0.333 e. The van der Waals surface area contributed by atoms with Gasteiger partial charge in [0.1, 0.15) is 0 Å². The second-order valence-corrected chi connectivity index (χ2v) is 10.0. The maximum atomic E-state index is 13.5. The first-order chi connectivity index (χ1) is 17.7. The zero-order valence-electron chi connectivity index (χ0n) is 20.6. The molecule has 3 aromatic rings. The van der Waals surface area contributed by atoms with E-state index < -0.39 is 0 Å². The molecule has 182 valence electrons. The Morgan fingerprint density at radius 1 is 0.944 bits per heavy atom. The average Bonchev–Trinajstić information content (AvgIpc) is 3.52. The fourth-order valence-corrected chi connectivity index (χ4v) is 5.75. The molecular formula is C30H31N5O. The van der Waals surface area contributed by atoms with Crippen molar-refractivity contribution in [3.63, 3.8) is 0 Å². The summed E-state index contributed by atoms with van der Waals surface area (Å²) in [6.07, 6.45) is 4.48. The second kappa shape index (κ2) is 9.70. The van der Waals surface area contributed by atoms with Crippen LogP contribution in [0.5, 0.6) is 0 Å². The zero-order valence-corrected chi connectivity index (χ0v) is 20.6. The lowest BCUT2D eigenvalue weighted by Crippen LogP contribution is -2.49. The molecule has 2 atom stereocenters. The molecule has 1 N–H and O–H groups in total. The van der Waals surface area contributed by atoms with Crippen LogP contribution in [0.15, 0.2) is 95.3 Å². The van der Waals surface area contributed by atoms with Gasteiger partial charge in [0.15, 0.2) is 0 Å². The van der Waals surface area contributed by atoms with Crippen molar-refractivity contribution >= 4 is 11.7 Å². The topological polar surface area (TPSA) is 60.8 Å². The number of aromatic nitrogens is 1. The van der Waals surface area contributed by atoms with Crippen molar-refractivity contribution < 1.29 is 4.79 Å². The summed E-state index contributed by atoms with van der Waals surface area (Å²) in [6.45, 7) is 3.87. The number of hydrogen-bond acceptors (Lipinski definition) is 4. The van der Waals surface area contributed by atoms with Gasteiger partial charge in [0.2, 0.25) is 0 Å². The van der Waals surface area contributed by atoms with Crippen molar-refractivity contribution in [2.45, 2.75) is 18.4 Å². The molecule has 1 aromatic heterocycles. The monoisotopic (exact) mass is 477 g/mol. The highest BCUT2D eigenvalue weighted by Crippen LogP contribution is 2.31. The van der Waals surface area contributed by atoms with E-state index in [-0.39, 0.29) is 18.0 Å². The van der Waals surface area contributed by atoms with Crippen molar-refractivity contribution in [3.05, 3.63) is 101 Å². The summed E-state index contributed by atoms with van der Waals surface area (Å²) in [4.78, 5) is 26.7. The van der Waals surface area contributed by atoms with Gasteiger partial charge in [-0.3, -0.25) is 9.98 Å². The third-order valence-electron chi connectivity index (χ3n) is 7.65. The Bertz CT molecular complexity index is 1320. The number of likely N-dealkylation sites (N-methyl/N-ethyl adjacent to an activating group) is 1. The Hall–Kier alpha value is -3.77. The number of likely N-dealkylation sites (tertiary alicyclic amines) is 1. The molecule has 0 radical (unpaired) electrons. The Morgan fingerprint density at radius 3 is 2.58 bits per heavy atom. The molecule has 36 heavy (non-hydrogen) atoms. The molecule has 6 rings (SSSR count). The van der Waals surface area contributed by atoms with Crippen molar-refractivity contribution in [2.75, 3.05) is 39.8 Å². The fraction of sp³-hybridized carbons (Fsp3) is 0.300. The largest absolute Gasteiger partial charge is 0.333 e. The first-order valence-corrected chi connectivity index (χ1v) is 12.7. The SMILES string of the molecule is CN1C[C@@H](NC(=O)N2CCC3=C(C2)C(c2ccncc2)=NC3)[C@H](c2cccc(-c3ccccc3)c2)C1. The number of urea groups is 1. The van der Waals surface area contributed by atoms with Gasteiger partial charge in [0.25, 0.3) is 0 Å². The zero-order chi connectivity index (χ0) is 24.5. The van der Waals surface area contributed by atoms with E-state index in [9.17, 15) is 4.79 Å². The highest BCUT2D eigenvalue weighted by Gasteiger charge is 2.35. The molecule has 0 spiro atoms. The summed E-state index contributed by atoms with van der Waals surface area (Å²) < 4.78 is 0. The lowest BCUT2D eigenvalue weighted by atomic mass is 9.91. The lowest BCUT2D eigenvalue weighted by molar-refractivity contribution is 0.196. The van der Waals surface area contributed by atoms with Crippen LogP contribution in [0, 0.1) is 0 Å². The molecule has 6 nitrogen and oxygen atoms in total. The molecule has 1 fully saturated rings. The van der Waals surface area contributed by atoms with Gasteiger partial charge in [-0.05, 0) is 53.4 Å². The van der Waals surface area contributed by atoms with Crippen molar-refractivity contribution in [1.29, 1.82) is 0 Å². The number of rotatable bonds is 4. The first-order valence-electron chi connectivity index (χ1n) is 12.7. The molecule has 3 aliphatic rings. The predicted octanol–water partition coefficient (Wildman–Crippen LogP) is 4.36. The Balaban J connectivity index is 1.17. The molecule has 1 saturated heterocycles. The smallest absolute Gasteiger partial charge is 0.317 e. The molecule has 3 aliphatic heterocycles. The van der Waals surface area contributed by atoms with Crippen LogP contribution in [-0.4, -0.2) is 72.3 Å². The van der Waals surface area contributed by atoms with Crippen molar-refractivity contribution in [2.24, 2.45) is 4.99 Å². The second-order valence-electron chi connectivity index (χ2n) is 10.0. The fourth-order valence-electron chi connectivity index (χ4n) is 5.75. The van der Waals surface area contributed by atoms with Crippen molar-refractivity contribution in [3.8, 4) is 11.1 Å². The van der Waals surface area contributed by atoms with Crippen LogP contribution in [0.3, 0.4) is 0 Å². The van der Waals surface area contributed by atoms with E-state index in [1.165, 1.54) is 27.8 Å². The quantitative estimate of drug-likeness (QED) is 0.607. The normalized spacial score (nSPS) is 21.9. The number of benzene rings is 2. The number of carbonyl (C=O) groups is 1. The van der Waals surface area contributed by atoms with E-state index in [0.29, 0.717) is 6.54 Å². The predicted molar refractivity (Wildman–Crippen MR) is 143 cm³/mol. The van der Waals surface area contributed by atoms with Crippen LogP contribution < -0.4 is 5.32 Å². The van der Waals surface area contributed by atoms with Gasteiger partial charge in [-0.2, -0.15) is 0 Å². The van der Waals surface area contributed by atoms with Gasteiger partial charge in [-0.25, -0.2) is 4.79 Å². The maximum absolute atomic E-state index is 13.5. The minimum atomic E-state index is 0.0204. The van der Waals surface area contributed by atoms with Crippen LogP contribution in [0.2, 0.25) is 0 Å². The molecule has 4 heterocycles. The summed E-state index contributed by atoms with van der Waals surface area (Å²) in [7, 11) is 2.13. The highest BCUT2D eigenvalue weighted by atomic mass is 16.2. The summed E-state index contributed by atoms with van der Waals surface area (Å²) in [6, 6.07) is 23.3. The summed E-state index contributed by atoms with van der Waals surface area (Å²) >= 11 is 0. The molecule has 0 bridgehead atoms. The van der Waals surface area contributed by atoms with Crippen LogP contribution in [0.1, 0.15) is 23.5 Å². The Kier molecular flexibility index (Phi) is 6.11. The first kappa shape index (κ1) is 22.7. The molecule has 2 amide bonds. The van der Waals surface area contributed by atoms with Gasteiger partial charge in [-0.1, -0.05) is 54.6 Å². The van der Waals surface area contributed by atoms with E-state index in [4.69, 9.17) is 4.99 Å². The molecule has 2 aromatic carbocycles. The summed E-state index contributed by atoms with van der Waals surface area (Å²) in [5.74, 6) is 0.252. The van der Waals surface area contributed by atoms with Crippen LogP contribution in [-0.2, 0) is 0 Å². The van der Waals surface area contributed by atoms with Crippen LogP contribution in [0.4, 0.5) is 4.79 Å². The number of pyridine rings is 1. The molecule has 0 unspecified atom stereocenters. The van der Waals surface area contributed by atoms with E-state index in [2.05, 4.69) is 70.8 Å². The van der Waals surface area contributed by atoms with Crippen LogP contribution >= 0.6 is 0 Å². The third-order valence-corrected chi connectivity index (χ3v) is 7.65. The maximum Gasteiger partial charge on any atom is 0.317 e. The molecular weight excluding hydrogens is 446 g/mol. The highest BCUT2D eigenvalue weighted by molar-refractivity contribution is 6.15. The standard InChI is InChI=1S/C30H31N5O/c1-34-18-26(24-9-5-8-23(16-24)21-6-3-2-4-7-21)28(20-34)33-30(36)35-15-12-25-17-32-29(27(25)19-35)22-10-13-31-14-11-22/h2-11,13-14,16,26,28H,12,15,17-20H2,1H3,(H,33,36)/t26-,28+/m0/s1. The minimum absolute atomic E-state index is 0.0204. The van der Waals surface area contributed by atoms with E-state index >= 15 is 0 Å². The molecule has 6 heteroatoms. The number of aliphatic imine (C=N–C) groups is 1. The van der Waals surface area contributed by atoms with E-state index in [0.717, 1.165) is 43.9 Å². The van der Waals surface area contributed by atoms with E-state index in [1.54, 1.807) is 12.4 Å². The molecule has 0 saturated carbocycles. The van der Waals surface area contributed by atoms with Gasteiger partial charge in [-0.15, -0.1) is 0 Å². The van der Waals surface area contributed by atoms with E-state index in [1.807, 2.05) is 23.1 Å². The Morgan fingerprint density at radius 2 is 1.75 bits per heavy atom. The summed E-state index contributed by atoms with van der Waals surface area (Å²) in [5, 5.41) is 3.39. The van der Waals surface area contributed by atoms with Gasteiger partial charge < -0.3 is 15.1 Å². The number of hydrogen-bond donors (Lipinski definition) is 1. The van der Waals surface area contributed by atoms with Crippen molar-refractivity contribution in [1.82, 2.24) is 20.1 Å². The molecule has 0 aliphatic carbocycles. The Labute approximate surface area is 212 Å². The van der Waals surface area contributed by atoms with Gasteiger partial charge in [0, 0.05) is 50.1 Å². The number of carbonyl (C=O) groups excluding carboxylic acids is 1. The number of amides is 2. The number of nitrogens with one attached hydrogen (secondary N) is 1. The van der Waals surface area contributed by atoms with Crippen LogP contribution in [0.25, 0.3) is 11.1 Å². The number of nitrogens with zero attached hydrogens (tertiary/aromatic N) is 4. The average molecular weight is 478 g/mol. The van der Waals surface area contributed by atoms with Gasteiger partial charge >= 0.3 is 6.03 Å².